The van der Waals surface area contributed by atoms with E-state index in [1.807, 2.05) is 0 Å². The van der Waals surface area contributed by atoms with Crippen molar-refractivity contribution in [2.45, 2.75) is 32.0 Å². The van der Waals surface area contributed by atoms with Crippen LogP contribution < -0.4 is 5.32 Å². The summed E-state index contributed by atoms with van der Waals surface area (Å²) in [5.41, 5.74) is -0.320. The number of nitrogens with one attached hydrogen (secondary N) is 1. The van der Waals surface area contributed by atoms with Crippen LogP contribution in [0.25, 0.3) is 0 Å². The number of aromatic nitrogens is 1. The molecule has 9 heteroatoms. The van der Waals surface area contributed by atoms with Crippen LogP contribution in [-0.2, 0) is 11.0 Å². The molecule has 0 aromatic carbocycles. The predicted molar refractivity (Wildman–Crippen MR) is 60.9 cm³/mol. The molecule has 0 saturated carbocycles. The highest BCUT2D eigenvalue weighted by atomic mass is 32.1. The Bertz CT molecular complexity index is 473. The standard InChI is InChI=1S/C10H11F3N2O3S/c1-5(2-3-7(16)17)14-8(18)6-4-19-9(15-6)10(11,12)13/h4-5H,2-3H2,1H3,(H,14,18)(H,16,17). The number of rotatable bonds is 5. The lowest BCUT2D eigenvalue weighted by Gasteiger charge is -2.11. The average Bonchev–Trinajstić information content (AvgIpc) is 2.75. The van der Waals surface area contributed by atoms with E-state index in [4.69, 9.17) is 5.11 Å². The van der Waals surface area contributed by atoms with Crippen LogP contribution in [0, 0.1) is 0 Å². The molecule has 0 bridgehead atoms. The molecule has 0 fully saturated rings. The molecule has 1 aromatic rings. The highest BCUT2D eigenvalue weighted by Gasteiger charge is 2.35. The maximum absolute atomic E-state index is 12.3. The monoisotopic (exact) mass is 296 g/mol. The Morgan fingerprint density at radius 2 is 2.16 bits per heavy atom. The zero-order valence-electron chi connectivity index (χ0n) is 9.82. The molecule has 0 spiro atoms. The van der Waals surface area contributed by atoms with Gasteiger partial charge in [0, 0.05) is 17.8 Å². The van der Waals surface area contributed by atoms with Gasteiger partial charge in [-0.3, -0.25) is 9.59 Å². The fourth-order valence-corrected chi connectivity index (χ4v) is 1.89. The number of amides is 1. The van der Waals surface area contributed by atoms with E-state index in [0.29, 0.717) is 11.3 Å². The van der Waals surface area contributed by atoms with Gasteiger partial charge < -0.3 is 10.4 Å². The summed E-state index contributed by atoms with van der Waals surface area (Å²) < 4.78 is 36.9. The van der Waals surface area contributed by atoms with Crippen molar-refractivity contribution in [1.82, 2.24) is 10.3 Å². The highest BCUT2D eigenvalue weighted by molar-refractivity contribution is 7.09. The van der Waals surface area contributed by atoms with Gasteiger partial charge in [-0.1, -0.05) is 0 Å². The van der Waals surface area contributed by atoms with Crippen LogP contribution in [0.15, 0.2) is 5.38 Å². The quantitative estimate of drug-likeness (QED) is 0.872. The normalized spacial score (nSPS) is 13.1. The summed E-state index contributed by atoms with van der Waals surface area (Å²) >= 11 is 0.339. The van der Waals surface area contributed by atoms with Gasteiger partial charge in [0.25, 0.3) is 5.91 Å². The van der Waals surface area contributed by atoms with Crippen molar-refractivity contribution in [3.63, 3.8) is 0 Å². The molecule has 2 N–H and O–H groups in total. The van der Waals surface area contributed by atoms with E-state index in [1.54, 1.807) is 6.92 Å². The molecule has 0 saturated heterocycles. The van der Waals surface area contributed by atoms with E-state index in [2.05, 4.69) is 10.3 Å². The number of thiazole rings is 1. The van der Waals surface area contributed by atoms with Gasteiger partial charge >= 0.3 is 12.1 Å². The number of carbonyl (C=O) groups is 2. The van der Waals surface area contributed by atoms with Crippen molar-refractivity contribution in [3.05, 3.63) is 16.1 Å². The molecule has 19 heavy (non-hydrogen) atoms. The number of carboxylic acid groups (broad SMARTS) is 1. The lowest BCUT2D eigenvalue weighted by molar-refractivity contribution is -0.138. The summed E-state index contributed by atoms with van der Waals surface area (Å²) in [5, 5.41) is 10.8. The van der Waals surface area contributed by atoms with Crippen LogP contribution in [0.5, 0.6) is 0 Å². The third kappa shape index (κ3) is 4.86. The van der Waals surface area contributed by atoms with Gasteiger partial charge in [-0.2, -0.15) is 13.2 Å². The van der Waals surface area contributed by atoms with Crippen LogP contribution in [-0.4, -0.2) is 28.0 Å². The van der Waals surface area contributed by atoms with E-state index in [1.165, 1.54) is 0 Å². The van der Waals surface area contributed by atoms with E-state index in [0.717, 1.165) is 5.38 Å². The maximum atomic E-state index is 12.3. The third-order valence-corrected chi connectivity index (χ3v) is 3.04. The minimum absolute atomic E-state index is 0.133. The molecule has 1 amide bonds. The van der Waals surface area contributed by atoms with Gasteiger partial charge in [-0.25, -0.2) is 4.98 Å². The minimum Gasteiger partial charge on any atom is -0.481 e. The van der Waals surface area contributed by atoms with Gasteiger partial charge in [0.1, 0.15) is 5.69 Å². The molecule has 1 heterocycles. The fraction of sp³-hybridized carbons (Fsp3) is 0.500. The Morgan fingerprint density at radius 1 is 1.53 bits per heavy atom. The second-order valence-corrected chi connectivity index (χ2v) is 4.70. The van der Waals surface area contributed by atoms with Crippen molar-refractivity contribution in [2.75, 3.05) is 0 Å². The molecule has 1 atom stereocenters. The Labute approximate surface area is 110 Å². The Morgan fingerprint density at radius 3 is 2.63 bits per heavy atom. The van der Waals surface area contributed by atoms with Gasteiger partial charge in [0.15, 0.2) is 5.01 Å². The zero-order chi connectivity index (χ0) is 14.6. The largest absolute Gasteiger partial charge is 0.481 e. The topological polar surface area (TPSA) is 79.3 Å². The lowest BCUT2D eigenvalue weighted by atomic mass is 10.2. The average molecular weight is 296 g/mol. The molecular formula is C10H11F3N2O3S. The van der Waals surface area contributed by atoms with Crippen molar-refractivity contribution < 1.29 is 27.9 Å². The van der Waals surface area contributed by atoms with E-state index in [9.17, 15) is 22.8 Å². The Balaban J connectivity index is 2.58. The molecule has 0 aliphatic rings. The number of alkyl halides is 3. The van der Waals surface area contributed by atoms with Crippen molar-refractivity contribution >= 4 is 23.2 Å². The van der Waals surface area contributed by atoms with E-state index in [-0.39, 0.29) is 18.5 Å². The third-order valence-electron chi connectivity index (χ3n) is 2.15. The molecule has 0 radical (unpaired) electrons. The van der Waals surface area contributed by atoms with E-state index >= 15 is 0 Å². The number of hydrogen-bond acceptors (Lipinski definition) is 4. The molecule has 1 rings (SSSR count). The van der Waals surface area contributed by atoms with Crippen molar-refractivity contribution in [2.24, 2.45) is 0 Å². The molecule has 5 nitrogen and oxygen atoms in total. The number of hydrogen-bond donors (Lipinski definition) is 2. The van der Waals surface area contributed by atoms with Gasteiger partial charge in [0.05, 0.1) is 0 Å². The Kier molecular flexibility index (Phi) is 4.87. The molecule has 106 valence electrons. The summed E-state index contributed by atoms with van der Waals surface area (Å²) in [5.74, 6) is -1.75. The van der Waals surface area contributed by atoms with Crippen molar-refractivity contribution in [1.29, 1.82) is 0 Å². The molecule has 1 aromatic heterocycles. The molecular weight excluding hydrogens is 285 g/mol. The summed E-state index contributed by atoms with van der Waals surface area (Å²) in [7, 11) is 0. The number of carbonyl (C=O) groups excluding carboxylic acids is 1. The van der Waals surface area contributed by atoms with Crippen LogP contribution in [0.2, 0.25) is 0 Å². The molecule has 0 aliphatic heterocycles. The van der Waals surface area contributed by atoms with Crippen LogP contribution in [0.1, 0.15) is 35.3 Å². The van der Waals surface area contributed by atoms with Crippen molar-refractivity contribution in [3.8, 4) is 0 Å². The summed E-state index contributed by atoms with van der Waals surface area (Å²) in [4.78, 5) is 25.1. The molecule has 1 unspecified atom stereocenters. The fourth-order valence-electron chi connectivity index (χ4n) is 1.22. The lowest BCUT2D eigenvalue weighted by Crippen LogP contribution is -2.33. The predicted octanol–water partition coefficient (Wildman–Crippen LogP) is 2.15. The van der Waals surface area contributed by atoms with Crippen LogP contribution in [0.3, 0.4) is 0 Å². The van der Waals surface area contributed by atoms with E-state index < -0.39 is 29.1 Å². The summed E-state index contributed by atoms with van der Waals surface area (Å²) in [6.45, 7) is 1.57. The maximum Gasteiger partial charge on any atom is 0.443 e. The zero-order valence-corrected chi connectivity index (χ0v) is 10.6. The van der Waals surface area contributed by atoms with Crippen LogP contribution >= 0.6 is 11.3 Å². The van der Waals surface area contributed by atoms with Gasteiger partial charge in [0.2, 0.25) is 0 Å². The number of halogens is 3. The van der Waals surface area contributed by atoms with Gasteiger partial charge in [-0.15, -0.1) is 11.3 Å². The Hall–Kier alpha value is -1.64. The summed E-state index contributed by atoms with van der Waals surface area (Å²) in [6, 6.07) is -0.459. The highest BCUT2D eigenvalue weighted by Crippen LogP contribution is 2.31. The number of carboxylic acids is 1. The molecule has 0 aliphatic carbocycles. The van der Waals surface area contributed by atoms with Gasteiger partial charge in [-0.05, 0) is 13.3 Å². The first-order valence-electron chi connectivity index (χ1n) is 5.25. The first kappa shape index (κ1) is 15.4. The minimum atomic E-state index is -4.57. The van der Waals surface area contributed by atoms with Crippen LogP contribution in [0.4, 0.5) is 13.2 Å². The first-order valence-corrected chi connectivity index (χ1v) is 6.13. The second kappa shape index (κ2) is 6.00. The SMILES string of the molecule is CC(CCC(=O)O)NC(=O)c1csc(C(F)(F)F)n1. The smallest absolute Gasteiger partial charge is 0.443 e. The second-order valence-electron chi connectivity index (χ2n) is 3.84. The summed E-state index contributed by atoms with van der Waals surface area (Å²) in [6.07, 6.45) is -4.51. The number of nitrogens with zero attached hydrogens (tertiary/aromatic N) is 1. The number of aliphatic carboxylic acids is 1. The first-order chi connectivity index (χ1) is 8.70.